The molecule has 0 atom stereocenters. The first-order valence-electron chi connectivity index (χ1n) is 10.8. The largest absolute Gasteiger partial charge is 0.354 e. The molecule has 1 aromatic heterocycles. The van der Waals surface area contributed by atoms with Crippen LogP contribution in [0.4, 0.5) is 29.2 Å². The Morgan fingerprint density at radius 2 is 1.20 bits per heavy atom. The molecule has 2 aromatic carbocycles. The van der Waals surface area contributed by atoms with Gasteiger partial charge >= 0.3 is 0 Å². The number of aromatic nitrogens is 3. The van der Waals surface area contributed by atoms with Crippen molar-refractivity contribution in [1.29, 1.82) is 0 Å². The Labute approximate surface area is 179 Å². The summed E-state index contributed by atoms with van der Waals surface area (Å²) in [5.41, 5.74) is 4.26. The summed E-state index contributed by atoms with van der Waals surface area (Å²) in [6.45, 7) is 7.21. The van der Waals surface area contributed by atoms with Gasteiger partial charge in [0.2, 0.25) is 17.8 Å². The molecular weight excluding hydrogens is 372 g/mol. The Hall–Kier alpha value is -3.15. The molecule has 0 aliphatic heterocycles. The summed E-state index contributed by atoms with van der Waals surface area (Å²) >= 11 is 0. The van der Waals surface area contributed by atoms with E-state index < -0.39 is 0 Å². The molecule has 6 nitrogen and oxygen atoms in total. The van der Waals surface area contributed by atoms with Gasteiger partial charge in [0.15, 0.2) is 0 Å². The van der Waals surface area contributed by atoms with E-state index >= 15 is 0 Å². The van der Waals surface area contributed by atoms with Crippen LogP contribution in [0.25, 0.3) is 0 Å². The molecule has 0 bridgehead atoms. The van der Waals surface area contributed by atoms with Crippen molar-refractivity contribution in [2.75, 3.05) is 22.5 Å². The van der Waals surface area contributed by atoms with Crippen molar-refractivity contribution in [1.82, 2.24) is 15.0 Å². The molecule has 6 heteroatoms. The van der Waals surface area contributed by atoms with E-state index in [0.717, 1.165) is 24.3 Å². The molecule has 0 saturated carbocycles. The second-order valence-electron chi connectivity index (χ2n) is 7.64. The minimum atomic E-state index is 0.513. The second-order valence-corrected chi connectivity index (χ2v) is 7.64. The average Bonchev–Trinajstić information content (AvgIpc) is 2.70. The average molecular weight is 405 g/mol. The summed E-state index contributed by atoms with van der Waals surface area (Å²) < 4.78 is 0. The predicted octanol–water partition coefficient (Wildman–Crippen LogP) is 6.36. The van der Waals surface area contributed by atoms with Crippen LogP contribution in [0.5, 0.6) is 0 Å². The highest BCUT2D eigenvalue weighted by molar-refractivity contribution is 5.60. The normalized spacial score (nSPS) is 10.6. The minimum Gasteiger partial charge on any atom is -0.354 e. The van der Waals surface area contributed by atoms with Gasteiger partial charge in [0, 0.05) is 17.9 Å². The monoisotopic (exact) mass is 404 g/mol. The lowest BCUT2D eigenvalue weighted by molar-refractivity contribution is 0.644. The van der Waals surface area contributed by atoms with Gasteiger partial charge in [-0.3, -0.25) is 0 Å². The van der Waals surface area contributed by atoms with Crippen LogP contribution in [0.15, 0.2) is 48.5 Å². The minimum absolute atomic E-state index is 0.513. The summed E-state index contributed by atoms with van der Waals surface area (Å²) in [6.07, 6.45) is 6.14. The van der Waals surface area contributed by atoms with Crippen molar-refractivity contribution in [3.05, 3.63) is 59.7 Å². The molecule has 0 aliphatic carbocycles. The number of nitrogens with one attached hydrogen (secondary N) is 3. The van der Waals surface area contributed by atoms with Crippen molar-refractivity contribution >= 4 is 29.2 Å². The Kier molecular flexibility index (Phi) is 8.01. The third-order valence-electron chi connectivity index (χ3n) is 4.75. The lowest BCUT2D eigenvalue weighted by Crippen LogP contribution is -2.10. The van der Waals surface area contributed by atoms with E-state index in [-0.39, 0.29) is 0 Å². The molecule has 0 unspecified atom stereocenters. The number of aryl methyl sites for hydroxylation is 2. The Morgan fingerprint density at radius 3 is 1.73 bits per heavy atom. The van der Waals surface area contributed by atoms with Crippen LogP contribution in [0, 0.1) is 13.8 Å². The summed E-state index contributed by atoms with van der Waals surface area (Å²) in [6, 6.07) is 16.3. The maximum atomic E-state index is 4.57. The van der Waals surface area contributed by atoms with Gasteiger partial charge < -0.3 is 16.0 Å². The molecule has 3 aromatic rings. The molecule has 0 aliphatic rings. The number of benzene rings is 2. The molecule has 0 saturated heterocycles. The molecule has 0 spiro atoms. The van der Waals surface area contributed by atoms with Gasteiger partial charge in [0.25, 0.3) is 0 Å². The molecular formula is C24H32N6. The summed E-state index contributed by atoms with van der Waals surface area (Å²) in [4.78, 5) is 13.7. The predicted molar refractivity (Wildman–Crippen MR) is 126 cm³/mol. The summed E-state index contributed by atoms with van der Waals surface area (Å²) in [5.74, 6) is 1.60. The summed E-state index contributed by atoms with van der Waals surface area (Å²) in [5, 5.41) is 9.95. The van der Waals surface area contributed by atoms with Gasteiger partial charge in [0.05, 0.1) is 0 Å². The van der Waals surface area contributed by atoms with E-state index in [1.54, 1.807) is 0 Å². The van der Waals surface area contributed by atoms with Gasteiger partial charge in [-0.05, 0) is 55.7 Å². The highest BCUT2D eigenvalue weighted by Crippen LogP contribution is 2.20. The van der Waals surface area contributed by atoms with Crippen molar-refractivity contribution in [3.63, 3.8) is 0 Å². The Balaban J connectivity index is 1.74. The molecule has 0 radical (unpaired) electrons. The molecule has 3 rings (SSSR count). The number of unbranched alkanes of at least 4 members (excludes halogenated alkanes) is 4. The van der Waals surface area contributed by atoms with E-state index in [0.29, 0.717) is 17.8 Å². The van der Waals surface area contributed by atoms with Crippen LogP contribution in [-0.2, 0) is 0 Å². The molecule has 30 heavy (non-hydrogen) atoms. The van der Waals surface area contributed by atoms with Gasteiger partial charge in [-0.2, -0.15) is 15.0 Å². The maximum absolute atomic E-state index is 4.57. The van der Waals surface area contributed by atoms with E-state index in [1.165, 1.54) is 36.8 Å². The topological polar surface area (TPSA) is 74.8 Å². The number of hydrogen-bond donors (Lipinski definition) is 3. The van der Waals surface area contributed by atoms with E-state index in [1.807, 2.05) is 24.3 Å². The molecule has 3 N–H and O–H groups in total. The SMILES string of the molecule is CCCCCCCNc1nc(Nc2cccc(C)c2)nc(Nc2cccc(C)c2)n1. The number of anilines is 5. The fourth-order valence-electron chi connectivity index (χ4n) is 3.20. The van der Waals surface area contributed by atoms with Gasteiger partial charge in [-0.25, -0.2) is 0 Å². The zero-order valence-electron chi connectivity index (χ0n) is 18.2. The van der Waals surface area contributed by atoms with Crippen molar-refractivity contribution in [2.24, 2.45) is 0 Å². The van der Waals surface area contributed by atoms with Crippen LogP contribution >= 0.6 is 0 Å². The first-order valence-corrected chi connectivity index (χ1v) is 10.8. The fraction of sp³-hybridized carbons (Fsp3) is 0.375. The molecule has 0 fully saturated rings. The molecule has 0 amide bonds. The van der Waals surface area contributed by atoms with Crippen molar-refractivity contribution in [2.45, 2.75) is 52.9 Å². The number of hydrogen-bond acceptors (Lipinski definition) is 6. The van der Waals surface area contributed by atoms with Gasteiger partial charge in [-0.15, -0.1) is 0 Å². The maximum Gasteiger partial charge on any atom is 0.233 e. The van der Waals surface area contributed by atoms with Crippen molar-refractivity contribution < 1.29 is 0 Å². The third kappa shape index (κ3) is 7.03. The van der Waals surface area contributed by atoms with E-state index in [9.17, 15) is 0 Å². The molecule has 1 heterocycles. The first-order chi connectivity index (χ1) is 14.6. The highest BCUT2D eigenvalue weighted by atomic mass is 15.3. The van der Waals surface area contributed by atoms with Gasteiger partial charge in [-0.1, -0.05) is 56.9 Å². The number of nitrogens with zero attached hydrogens (tertiary/aromatic N) is 3. The zero-order chi connectivity index (χ0) is 21.2. The lowest BCUT2D eigenvalue weighted by atomic mass is 10.1. The highest BCUT2D eigenvalue weighted by Gasteiger charge is 2.08. The lowest BCUT2D eigenvalue weighted by Gasteiger charge is -2.12. The quantitative estimate of drug-likeness (QED) is 0.323. The Morgan fingerprint density at radius 1 is 0.667 bits per heavy atom. The fourth-order valence-corrected chi connectivity index (χ4v) is 3.20. The third-order valence-corrected chi connectivity index (χ3v) is 4.75. The van der Waals surface area contributed by atoms with E-state index in [4.69, 9.17) is 0 Å². The smallest absolute Gasteiger partial charge is 0.233 e. The van der Waals surface area contributed by atoms with Crippen LogP contribution in [0.1, 0.15) is 50.2 Å². The van der Waals surface area contributed by atoms with Crippen LogP contribution in [-0.4, -0.2) is 21.5 Å². The standard InChI is InChI=1S/C24H32N6/c1-4-5-6-7-8-15-25-22-28-23(26-20-13-9-11-18(2)16-20)30-24(29-22)27-21-14-10-12-19(3)17-21/h9-14,16-17H,4-8,15H2,1-3H3,(H3,25,26,27,28,29,30). The molecule has 158 valence electrons. The van der Waals surface area contributed by atoms with Gasteiger partial charge in [0.1, 0.15) is 0 Å². The van der Waals surface area contributed by atoms with Crippen LogP contribution in [0.2, 0.25) is 0 Å². The van der Waals surface area contributed by atoms with Crippen LogP contribution < -0.4 is 16.0 Å². The van der Waals surface area contributed by atoms with E-state index in [2.05, 4.69) is 75.9 Å². The second kappa shape index (κ2) is 11.1. The van der Waals surface area contributed by atoms with Crippen LogP contribution in [0.3, 0.4) is 0 Å². The zero-order valence-corrected chi connectivity index (χ0v) is 18.2. The first kappa shape index (κ1) is 21.6. The van der Waals surface area contributed by atoms with Crippen molar-refractivity contribution in [3.8, 4) is 0 Å². The summed E-state index contributed by atoms with van der Waals surface area (Å²) in [7, 11) is 0. The Bertz CT molecular complexity index is 875. The number of rotatable bonds is 11.